The van der Waals surface area contributed by atoms with E-state index in [9.17, 15) is 4.79 Å². The highest BCUT2D eigenvalue weighted by atomic mass is 16.3. The third-order valence-corrected chi connectivity index (χ3v) is 2.19. The molecule has 0 bridgehead atoms. The number of aliphatic hydroxyl groups is 1. The summed E-state index contributed by atoms with van der Waals surface area (Å²) in [6, 6.07) is 0.243. The van der Waals surface area contributed by atoms with E-state index in [2.05, 4.69) is 12.2 Å². The lowest BCUT2D eigenvalue weighted by Crippen LogP contribution is -2.58. The van der Waals surface area contributed by atoms with E-state index in [1.54, 1.807) is 0 Å². The standard InChI is InChI=1S/C8H15NO2/c1-2-3-6-7(4-5-10)9-8(6)11/h6-7,10H,2-5H2,1H3,(H,9,11). The van der Waals surface area contributed by atoms with Crippen LogP contribution >= 0.6 is 0 Å². The van der Waals surface area contributed by atoms with Gasteiger partial charge in [-0.3, -0.25) is 4.79 Å². The van der Waals surface area contributed by atoms with E-state index in [4.69, 9.17) is 5.11 Å². The van der Waals surface area contributed by atoms with Gasteiger partial charge in [0.05, 0.1) is 5.92 Å². The van der Waals surface area contributed by atoms with Gasteiger partial charge in [0.1, 0.15) is 0 Å². The first kappa shape index (κ1) is 8.53. The SMILES string of the molecule is CCCC1C(=O)NC1CCO. The van der Waals surface area contributed by atoms with E-state index < -0.39 is 0 Å². The number of amides is 1. The first-order valence-electron chi connectivity index (χ1n) is 4.20. The Morgan fingerprint density at radius 2 is 2.27 bits per heavy atom. The van der Waals surface area contributed by atoms with E-state index in [-0.39, 0.29) is 24.5 Å². The quantitative estimate of drug-likeness (QED) is 0.576. The van der Waals surface area contributed by atoms with Gasteiger partial charge in [0, 0.05) is 12.6 Å². The average molecular weight is 157 g/mol. The first-order valence-corrected chi connectivity index (χ1v) is 4.20. The van der Waals surface area contributed by atoms with Crippen LogP contribution in [0.2, 0.25) is 0 Å². The summed E-state index contributed by atoms with van der Waals surface area (Å²) >= 11 is 0. The average Bonchev–Trinajstić information content (AvgIpc) is 2.00. The fraction of sp³-hybridized carbons (Fsp3) is 0.875. The maximum Gasteiger partial charge on any atom is 0.225 e. The Bertz CT molecular complexity index is 147. The summed E-state index contributed by atoms with van der Waals surface area (Å²) in [6.07, 6.45) is 2.70. The zero-order valence-corrected chi connectivity index (χ0v) is 6.84. The van der Waals surface area contributed by atoms with Gasteiger partial charge in [-0.15, -0.1) is 0 Å². The van der Waals surface area contributed by atoms with Crippen molar-refractivity contribution in [3.63, 3.8) is 0 Å². The van der Waals surface area contributed by atoms with Gasteiger partial charge in [-0.05, 0) is 12.8 Å². The highest BCUT2D eigenvalue weighted by Crippen LogP contribution is 2.22. The van der Waals surface area contributed by atoms with E-state index in [1.807, 2.05) is 0 Å². The molecule has 0 spiro atoms. The van der Waals surface area contributed by atoms with E-state index in [0.29, 0.717) is 6.42 Å². The molecule has 0 saturated carbocycles. The van der Waals surface area contributed by atoms with Crippen molar-refractivity contribution >= 4 is 5.91 Å². The van der Waals surface area contributed by atoms with Crippen LogP contribution in [0.25, 0.3) is 0 Å². The van der Waals surface area contributed by atoms with Crippen molar-refractivity contribution < 1.29 is 9.90 Å². The molecule has 3 heteroatoms. The van der Waals surface area contributed by atoms with Gasteiger partial charge in [-0.25, -0.2) is 0 Å². The zero-order valence-electron chi connectivity index (χ0n) is 6.84. The molecule has 0 aromatic heterocycles. The minimum atomic E-state index is 0.158. The van der Waals surface area contributed by atoms with Crippen molar-refractivity contribution in [2.45, 2.75) is 32.2 Å². The highest BCUT2D eigenvalue weighted by Gasteiger charge is 2.37. The molecule has 1 heterocycles. The fourth-order valence-corrected chi connectivity index (χ4v) is 1.53. The van der Waals surface area contributed by atoms with Gasteiger partial charge >= 0.3 is 0 Å². The third-order valence-electron chi connectivity index (χ3n) is 2.19. The molecule has 0 aliphatic carbocycles. The molecule has 11 heavy (non-hydrogen) atoms. The molecule has 64 valence electrons. The summed E-state index contributed by atoms with van der Waals surface area (Å²) in [5.74, 6) is 0.331. The Morgan fingerprint density at radius 3 is 2.73 bits per heavy atom. The van der Waals surface area contributed by atoms with Gasteiger partial charge < -0.3 is 10.4 Å². The van der Waals surface area contributed by atoms with Crippen LogP contribution in [0.3, 0.4) is 0 Å². The molecule has 1 aliphatic rings. The normalized spacial score (nSPS) is 29.5. The topological polar surface area (TPSA) is 49.3 Å². The van der Waals surface area contributed by atoms with Gasteiger partial charge in [-0.2, -0.15) is 0 Å². The molecule has 0 radical (unpaired) electrons. The molecule has 0 aromatic rings. The predicted octanol–water partition coefficient (Wildman–Crippen LogP) is 0.283. The first-order chi connectivity index (χ1) is 5.29. The third kappa shape index (κ3) is 1.71. The molecular formula is C8H15NO2. The molecule has 2 atom stereocenters. The van der Waals surface area contributed by atoms with Crippen LogP contribution in [0.4, 0.5) is 0 Å². The number of carbonyl (C=O) groups excluding carboxylic acids is 1. The maximum absolute atomic E-state index is 10.9. The summed E-state index contributed by atoms with van der Waals surface area (Å²) in [6.45, 7) is 2.24. The fourth-order valence-electron chi connectivity index (χ4n) is 1.53. The van der Waals surface area contributed by atoms with Crippen molar-refractivity contribution in [3.8, 4) is 0 Å². The van der Waals surface area contributed by atoms with Crippen LogP contribution in [0.15, 0.2) is 0 Å². The Kier molecular flexibility index (Phi) is 2.88. The number of hydrogen-bond donors (Lipinski definition) is 2. The minimum absolute atomic E-state index is 0.158. The predicted molar refractivity (Wildman–Crippen MR) is 42.0 cm³/mol. The van der Waals surface area contributed by atoms with Crippen molar-refractivity contribution in [2.75, 3.05) is 6.61 Å². The van der Waals surface area contributed by atoms with Crippen molar-refractivity contribution in [3.05, 3.63) is 0 Å². The number of aliphatic hydroxyl groups excluding tert-OH is 1. The van der Waals surface area contributed by atoms with E-state index >= 15 is 0 Å². The van der Waals surface area contributed by atoms with Crippen molar-refractivity contribution in [1.82, 2.24) is 5.32 Å². The smallest absolute Gasteiger partial charge is 0.225 e. The number of rotatable bonds is 4. The van der Waals surface area contributed by atoms with Gasteiger partial charge in [0.25, 0.3) is 0 Å². The largest absolute Gasteiger partial charge is 0.396 e. The molecule has 1 saturated heterocycles. The molecule has 3 nitrogen and oxygen atoms in total. The summed E-state index contributed by atoms with van der Waals surface area (Å²) in [4.78, 5) is 10.9. The van der Waals surface area contributed by atoms with Crippen LogP contribution < -0.4 is 5.32 Å². The van der Waals surface area contributed by atoms with Crippen LogP contribution in [-0.4, -0.2) is 23.7 Å². The van der Waals surface area contributed by atoms with Crippen LogP contribution in [0.5, 0.6) is 0 Å². The monoisotopic (exact) mass is 157 g/mol. The molecule has 1 fully saturated rings. The summed E-state index contributed by atoms with van der Waals surface area (Å²) in [5.41, 5.74) is 0. The lowest BCUT2D eigenvalue weighted by Gasteiger charge is -2.36. The van der Waals surface area contributed by atoms with Crippen molar-refractivity contribution in [2.24, 2.45) is 5.92 Å². The maximum atomic E-state index is 10.9. The number of hydrogen-bond acceptors (Lipinski definition) is 2. The summed E-state index contributed by atoms with van der Waals surface area (Å²) in [5, 5.41) is 11.4. The van der Waals surface area contributed by atoms with E-state index in [1.165, 1.54) is 0 Å². The molecule has 1 rings (SSSR count). The number of β-lactam (4-membered cyclic amide) rings is 1. The second-order valence-electron chi connectivity index (χ2n) is 3.02. The lowest BCUT2D eigenvalue weighted by molar-refractivity contribution is -0.135. The minimum Gasteiger partial charge on any atom is -0.396 e. The molecule has 0 aromatic carbocycles. The zero-order chi connectivity index (χ0) is 8.27. The molecule has 1 amide bonds. The van der Waals surface area contributed by atoms with E-state index in [0.717, 1.165) is 12.8 Å². The Balaban J connectivity index is 2.29. The van der Waals surface area contributed by atoms with Gasteiger partial charge in [-0.1, -0.05) is 13.3 Å². The lowest BCUT2D eigenvalue weighted by atomic mass is 9.85. The number of nitrogens with one attached hydrogen (secondary N) is 1. The van der Waals surface area contributed by atoms with Crippen LogP contribution in [-0.2, 0) is 4.79 Å². The summed E-state index contributed by atoms with van der Waals surface area (Å²) < 4.78 is 0. The molecule has 2 N–H and O–H groups in total. The molecule has 1 aliphatic heterocycles. The second-order valence-corrected chi connectivity index (χ2v) is 3.02. The Labute approximate surface area is 66.8 Å². The second kappa shape index (κ2) is 3.72. The Morgan fingerprint density at radius 1 is 1.55 bits per heavy atom. The highest BCUT2D eigenvalue weighted by molar-refractivity contribution is 5.85. The molecular weight excluding hydrogens is 142 g/mol. The summed E-state index contributed by atoms with van der Waals surface area (Å²) in [7, 11) is 0. The number of carbonyl (C=O) groups is 1. The van der Waals surface area contributed by atoms with Crippen LogP contribution in [0, 0.1) is 5.92 Å². The van der Waals surface area contributed by atoms with Gasteiger partial charge in [0.15, 0.2) is 0 Å². The molecule has 2 unspecified atom stereocenters. The Hall–Kier alpha value is -0.570. The van der Waals surface area contributed by atoms with Gasteiger partial charge in [0.2, 0.25) is 5.91 Å². The van der Waals surface area contributed by atoms with Crippen LogP contribution in [0.1, 0.15) is 26.2 Å². The van der Waals surface area contributed by atoms with Crippen molar-refractivity contribution in [1.29, 1.82) is 0 Å².